The summed E-state index contributed by atoms with van der Waals surface area (Å²) in [4.78, 5) is 80.8. The van der Waals surface area contributed by atoms with E-state index in [-0.39, 0.29) is 42.4 Å². The van der Waals surface area contributed by atoms with Crippen molar-refractivity contribution in [2.45, 2.75) is 35.3 Å². The summed E-state index contributed by atoms with van der Waals surface area (Å²) >= 11 is 3.75. The fraction of sp³-hybridized carbons (Fsp3) is 0.385. The van der Waals surface area contributed by atoms with Gasteiger partial charge in [-0.2, -0.15) is 5.48 Å². The molecule has 4 heterocycles. The van der Waals surface area contributed by atoms with Gasteiger partial charge < -0.3 is 25.8 Å². The maximum Gasteiger partial charge on any atom is 0.352 e. The second kappa shape index (κ2) is 13.1. The molecule has 2 fully saturated rings. The van der Waals surface area contributed by atoms with Crippen LogP contribution in [0.5, 0.6) is 0 Å². The van der Waals surface area contributed by atoms with Crippen LogP contribution in [0.15, 0.2) is 45.9 Å². The first-order valence-corrected chi connectivity index (χ1v) is 16.4. The summed E-state index contributed by atoms with van der Waals surface area (Å²) in [6.07, 6.45) is 0. The van der Waals surface area contributed by atoms with Crippen LogP contribution >= 0.6 is 34.9 Å². The lowest BCUT2D eigenvalue weighted by atomic mass is 9.94. The number of benzene rings is 1. The predicted molar refractivity (Wildman–Crippen MR) is 161 cm³/mol. The minimum atomic E-state index is -2.13. The smallest absolute Gasteiger partial charge is 0.352 e. The van der Waals surface area contributed by atoms with Crippen LogP contribution in [0.2, 0.25) is 0 Å². The molecule has 6 amide bonds. The Bertz CT molecular complexity index is 1590. The third-order valence-corrected chi connectivity index (χ3v) is 10.8. The average molecular weight is 677 g/mol. The molecular weight excluding hydrogens is 649 g/mol. The number of urea groups is 1. The zero-order valence-corrected chi connectivity index (χ0v) is 26.3. The molecule has 0 aliphatic carbocycles. The van der Waals surface area contributed by atoms with Crippen LogP contribution in [0.1, 0.15) is 23.5 Å². The topological polar surface area (TPSA) is 214 Å². The van der Waals surface area contributed by atoms with Crippen molar-refractivity contribution in [3.8, 4) is 0 Å². The molecule has 238 valence electrons. The molecule has 3 aliphatic heterocycles. The fourth-order valence-corrected chi connectivity index (χ4v) is 8.41. The summed E-state index contributed by atoms with van der Waals surface area (Å²) in [7, 11) is 0. The molecule has 45 heavy (non-hydrogen) atoms. The first kappa shape index (κ1) is 32.4. The van der Waals surface area contributed by atoms with Gasteiger partial charge in [-0.15, -0.1) is 22.0 Å². The molecule has 0 spiro atoms. The second-order valence-corrected chi connectivity index (χ2v) is 13.5. The number of likely N-dealkylation sites (N-methyl/N-ethyl adjacent to an activating group) is 1. The number of aryl methyl sites for hydroxylation is 1. The van der Waals surface area contributed by atoms with Gasteiger partial charge in [0.15, 0.2) is 4.34 Å². The van der Waals surface area contributed by atoms with Crippen molar-refractivity contribution in [3.05, 3.63) is 52.2 Å². The molecule has 0 bridgehead atoms. The molecule has 19 heteroatoms. The summed E-state index contributed by atoms with van der Waals surface area (Å²) < 4.78 is 0.637. The van der Waals surface area contributed by atoms with E-state index in [0.29, 0.717) is 14.8 Å². The number of fused-ring (bicyclic) bond motifs is 1. The third-order valence-electron chi connectivity index (χ3n) is 7.33. The van der Waals surface area contributed by atoms with Crippen molar-refractivity contribution in [3.63, 3.8) is 0 Å². The minimum Gasteiger partial charge on any atom is -0.477 e. The number of hydrogen-bond acceptors (Lipinski definition) is 13. The highest BCUT2D eigenvalue weighted by Gasteiger charge is 2.66. The van der Waals surface area contributed by atoms with Gasteiger partial charge in [-0.1, -0.05) is 53.4 Å². The van der Waals surface area contributed by atoms with Gasteiger partial charge in [0.2, 0.25) is 11.6 Å². The number of β-lactam (4-membered cyclic amide) rings is 1. The van der Waals surface area contributed by atoms with Crippen LogP contribution in [0.25, 0.3) is 0 Å². The van der Waals surface area contributed by atoms with E-state index in [9.17, 15) is 39.1 Å². The van der Waals surface area contributed by atoms with Gasteiger partial charge in [0.25, 0.3) is 5.91 Å². The third kappa shape index (κ3) is 6.00. The molecule has 0 saturated carbocycles. The number of nitrogens with zero attached hydrogens (tertiary/aromatic N) is 5. The zero-order valence-electron chi connectivity index (χ0n) is 23.9. The largest absolute Gasteiger partial charge is 0.477 e. The lowest BCUT2D eigenvalue weighted by Crippen LogP contribution is -2.85. The second-order valence-electron chi connectivity index (χ2n) is 10.0. The molecule has 2 aromatic rings. The van der Waals surface area contributed by atoms with E-state index in [2.05, 4.69) is 20.8 Å². The highest BCUT2D eigenvalue weighted by atomic mass is 32.2. The summed E-state index contributed by atoms with van der Waals surface area (Å²) in [6, 6.07) is 5.48. The van der Waals surface area contributed by atoms with Gasteiger partial charge in [-0.3, -0.25) is 29.0 Å². The Hall–Kier alpha value is -4.04. The van der Waals surface area contributed by atoms with E-state index < -0.39 is 52.7 Å². The van der Waals surface area contributed by atoms with E-state index in [4.69, 9.17) is 0 Å². The molecule has 1 aromatic carbocycles. The van der Waals surface area contributed by atoms with Gasteiger partial charge in [-0.05, 0) is 25.0 Å². The van der Waals surface area contributed by atoms with Gasteiger partial charge >= 0.3 is 23.8 Å². The summed E-state index contributed by atoms with van der Waals surface area (Å²) in [5.41, 5.74) is 0.199. The molecule has 1 aromatic heterocycles. The number of carboxylic acid groups (broad SMARTS) is 1. The van der Waals surface area contributed by atoms with Gasteiger partial charge in [0, 0.05) is 31.1 Å². The van der Waals surface area contributed by atoms with Gasteiger partial charge in [0.05, 0.1) is 0 Å². The summed E-state index contributed by atoms with van der Waals surface area (Å²) in [6.45, 7) is 3.81. The van der Waals surface area contributed by atoms with Gasteiger partial charge in [0.1, 0.15) is 22.1 Å². The monoisotopic (exact) mass is 676 g/mol. The number of piperazine rings is 1. The van der Waals surface area contributed by atoms with Crippen LogP contribution < -0.4 is 16.1 Å². The molecule has 0 radical (unpaired) electrons. The molecule has 3 atom stereocenters. The number of hydrogen-bond donors (Lipinski definition) is 5. The maximum atomic E-state index is 13.8. The van der Waals surface area contributed by atoms with E-state index in [1.807, 2.05) is 5.48 Å². The van der Waals surface area contributed by atoms with Crippen LogP contribution in [0, 0.1) is 6.92 Å². The standard InChI is InChI=1S/C26H28N8O8S3/c1-3-32-9-10-33(20(37)19(32)36)24(41)27-16(14-7-5-4-6-8-14)18(35)28-26(31-42)22(40)34-17(21(38)39)15(11-43-23(26)34)12-44-25-30-29-13(2)45-25/h4-8,16,23,31,42H,3,9-12H2,1-2H3,(H,27,41)(H,28,35)(H,38,39)/t16?,23-,26-/m0/s1. The number of nitrogens with one attached hydrogen (secondary N) is 3. The first-order valence-electron chi connectivity index (χ1n) is 13.5. The first-order chi connectivity index (χ1) is 21.5. The van der Waals surface area contributed by atoms with Crippen molar-refractivity contribution < 1.29 is 39.1 Å². The van der Waals surface area contributed by atoms with E-state index in [1.54, 1.807) is 32.0 Å². The number of thioether (sulfide) groups is 2. The molecular formula is C26H28N8O8S3. The lowest BCUT2D eigenvalue weighted by Gasteiger charge is -2.56. The van der Waals surface area contributed by atoms with Crippen molar-refractivity contribution in [2.75, 3.05) is 31.1 Å². The minimum absolute atomic E-state index is 0.0920. The number of aromatic nitrogens is 2. The molecule has 3 aliphatic rings. The van der Waals surface area contributed by atoms with Crippen molar-refractivity contribution in [1.29, 1.82) is 0 Å². The molecule has 5 N–H and O–H groups in total. The highest BCUT2D eigenvalue weighted by Crippen LogP contribution is 2.46. The van der Waals surface area contributed by atoms with Crippen molar-refractivity contribution >= 4 is 70.5 Å². The number of carbonyl (C=O) groups excluding carboxylic acids is 5. The molecule has 1 unspecified atom stereocenters. The number of imide groups is 1. The van der Waals surface area contributed by atoms with E-state index in [1.165, 1.54) is 40.1 Å². The van der Waals surface area contributed by atoms with Gasteiger partial charge in [-0.25, -0.2) is 9.59 Å². The Labute approximate surface area is 268 Å². The Kier molecular flexibility index (Phi) is 9.44. The Morgan fingerprint density at radius 3 is 2.49 bits per heavy atom. The van der Waals surface area contributed by atoms with Crippen LogP contribution in [0.4, 0.5) is 4.79 Å². The number of hydroxylamine groups is 1. The summed E-state index contributed by atoms with van der Waals surface area (Å²) in [5.74, 6) is -4.74. The van der Waals surface area contributed by atoms with Crippen LogP contribution in [-0.4, -0.2) is 113 Å². The average Bonchev–Trinajstić information content (AvgIpc) is 3.46. The van der Waals surface area contributed by atoms with Crippen LogP contribution in [-0.2, 0) is 24.0 Å². The Morgan fingerprint density at radius 1 is 1.13 bits per heavy atom. The van der Waals surface area contributed by atoms with Crippen LogP contribution in [0.3, 0.4) is 0 Å². The predicted octanol–water partition coefficient (Wildman–Crippen LogP) is 0.125. The fourth-order valence-electron chi connectivity index (χ4n) is 5.05. The quantitative estimate of drug-likeness (QED) is 0.0745. The van der Waals surface area contributed by atoms with E-state index in [0.717, 1.165) is 21.7 Å². The summed E-state index contributed by atoms with van der Waals surface area (Å²) in [5, 5.41) is 32.8. The maximum absolute atomic E-state index is 13.8. The Balaban J connectivity index is 1.36. The number of rotatable bonds is 10. The lowest BCUT2D eigenvalue weighted by molar-refractivity contribution is -0.171. The van der Waals surface area contributed by atoms with E-state index >= 15 is 0 Å². The Morgan fingerprint density at radius 2 is 1.87 bits per heavy atom. The molecule has 2 saturated heterocycles. The highest BCUT2D eigenvalue weighted by molar-refractivity contribution is 8.01. The molecule has 5 rings (SSSR count). The molecule has 16 nitrogen and oxygen atoms in total. The number of amides is 6. The number of carboxylic acids is 1. The number of aliphatic carboxylic acids is 1. The number of carbonyl (C=O) groups is 6. The van der Waals surface area contributed by atoms with Crippen molar-refractivity contribution in [2.24, 2.45) is 0 Å². The normalized spacial score (nSPS) is 22.2. The zero-order chi connectivity index (χ0) is 32.5. The SMILES string of the molecule is CCN1CCN(C(=O)NC(C(=O)N[C@]2(NO)C(=O)N3C(C(=O)O)=C(CSc4nnc(C)s4)CS[C@H]32)c2ccccc2)C(=O)C1=O. The van der Waals surface area contributed by atoms with Crippen molar-refractivity contribution in [1.82, 2.24) is 41.0 Å².